The van der Waals surface area contributed by atoms with Gasteiger partial charge in [0.25, 0.3) is 0 Å². The Morgan fingerprint density at radius 3 is 2.39 bits per heavy atom. The number of nitrogen functional groups attached to an aromatic ring is 1. The Labute approximate surface area is 183 Å². The molecule has 2 aromatic heterocycles. The van der Waals surface area contributed by atoms with E-state index in [9.17, 15) is 13.2 Å². The Kier molecular flexibility index (Phi) is 6.52. The van der Waals surface area contributed by atoms with Gasteiger partial charge < -0.3 is 10.6 Å². The second-order valence-corrected chi connectivity index (χ2v) is 10.6. The first-order valence-corrected chi connectivity index (χ1v) is 12.3. The number of rotatable bonds is 5. The SMILES string of the molecule is Nc1cc(CN2CCC(C(=O)N3CCC(S(=O)(=O)c4ccccn4)CC3)CC2)ccn1. The Morgan fingerprint density at radius 2 is 1.74 bits per heavy atom. The van der Waals surface area contributed by atoms with E-state index in [0.29, 0.717) is 31.7 Å². The molecule has 9 heteroatoms. The van der Waals surface area contributed by atoms with E-state index in [-0.39, 0.29) is 16.9 Å². The fourth-order valence-corrected chi connectivity index (χ4v) is 6.17. The van der Waals surface area contributed by atoms with Crippen LogP contribution in [0.4, 0.5) is 5.82 Å². The first-order valence-electron chi connectivity index (χ1n) is 10.8. The van der Waals surface area contributed by atoms with Gasteiger partial charge in [0, 0.05) is 37.9 Å². The number of carbonyl (C=O) groups excluding carboxylic acids is 1. The lowest BCUT2D eigenvalue weighted by Crippen LogP contribution is -2.47. The van der Waals surface area contributed by atoms with Crippen LogP contribution in [0.3, 0.4) is 0 Å². The van der Waals surface area contributed by atoms with Crippen molar-refractivity contribution in [2.45, 2.75) is 42.5 Å². The van der Waals surface area contributed by atoms with E-state index in [2.05, 4.69) is 14.9 Å². The van der Waals surface area contributed by atoms with Gasteiger partial charge in [-0.1, -0.05) is 6.07 Å². The van der Waals surface area contributed by atoms with Crippen LogP contribution >= 0.6 is 0 Å². The predicted molar refractivity (Wildman–Crippen MR) is 118 cm³/mol. The molecule has 4 rings (SSSR count). The van der Waals surface area contributed by atoms with Crippen molar-refractivity contribution in [3.63, 3.8) is 0 Å². The summed E-state index contributed by atoms with van der Waals surface area (Å²) in [6.45, 7) is 3.52. The van der Waals surface area contributed by atoms with E-state index in [0.717, 1.165) is 38.0 Å². The van der Waals surface area contributed by atoms with E-state index in [1.807, 2.05) is 17.0 Å². The Hall–Kier alpha value is -2.52. The lowest BCUT2D eigenvalue weighted by Gasteiger charge is -2.37. The summed E-state index contributed by atoms with van der Waals surface area (Å²) in [5, 5.41) is -0.343. The molecule has 0 radical (unpaired) electrons. The highest BCUT2D eigenvalue weighted by molar-refractivity contribution is 7.92. The minimum atomic E-state index is -3.45. The van der Waals surface area contributed by atoms with E-state index in [1.165, 1.54) is 6.20 Å². The maximum absolute atomic E-state index is 13.0. The van der Waals surface area contributed by atoms with Crippen molar-refractivity contribution in [1.29, 1.82) is 0 Å². The highest BCUT2D eigenvalue weighted by Crippen LogP contribution is 2.27. The second kappa shape index (κ2) is 9.32. The molecule has 1 amide bonds. The van der Waals surface area contributed by atoms with Gasteiger partial charge in [0.15, 0.2) is 14.9 Å². The van der Waals surface area contributed by atoms with E-state index < -0.39 is 15.1 Å². The average molecular weight is 444 g/mol. The molecule has 2 saturated heterocycles. The zero-order chi connectivity index (χ0) is 21.8. The number of pyridine rings is 2. The largest absolute Gasteiger partial charge is 0.384 e. The summed E-state index contributed by atoms with van der Waals surface area (Å²) in [5.41, 5.74) is 6.89. The summed E-state index contributed by atoms with van der Waals surface area (Å²) in [6, 6.07) is 8.80. The molecule has 2 aromatic rings. The molecular formula is C22H29N5O3S. The van der Waals surface area contributed by atoms with E-state index >= 15 is 0 Å². The van der Waals surface area contributed by atoms with Crippen LogP contribution in [0.2, 0.25) is 0 Å². The first-order chi connectivity index (χ1) is 14.9. The molecule has 2 aliphatic heterocycles. The number of amides is 1. The number of nitrogens with zero attached hydrogens (tertiary/aromatic N) is 4. The third-order valence-electron chi connectivity index (χ3n) is 6.31. The number of carbonyl (C=O) groups is 1. The molecule has 0 saturated carbocycles. The number of likely N-dealkylation sites (tertiary alicyclic amines) is 2. The molecule has 0 atom stereocenters. The third-order valence-corrected chi connectivity index (χ3v) is 8.48. The number of hydrogen-bond donors (Lipinski definition) is 1. The fraction of sp³-hybridized carbons (Fsp3) is 0.500. The van der Waals surface area contributed by atoms with Crippen molar-refractivity contribution < 1.29 is 13.2 Å². The lowest BCUT2D eigenvalue weighted by atomic mass is 9.94. The van der Waals surface area contributed by atoms with Crippen LogP contribution in [0.1, 0.15) is 31.2 Å². The van der Waals surface area contributed by atoms with Crippen molar-refractivity contribution in [1.82, 2.24) is 19.8 Å². The second-order valence-electron chi connectivity index (χ2n) is 8.38. The smallest absolute Gasteiger partial charge is 0.225 e. The van der Waals surface area contributed by atoms with Gasteiger partial charge >= 0.3 is 0 Å². The number of hydrogen-bond acceptors (Lipinski definition) is 7. The highest BCUT2D eigenvalue weighted by Gasteiger charge is 2.35. The van der Waals surface area contributed by atoms with Gasteiger partial charge in [-0.2, -0.15) is 0 Å². The lowest BCUT2D eigenvalue weighted by molar-refractivity contribution is -0.138. The maximum Gasteiger partial charge on any atom is 0.225 e. The molecule has 31 heavy (non-hydrogen) atoms. The molecule has 166 valence electrons. The van der Waals surface area contributed by atoms with Gasteiger partial charge in [0.05, 0.1) is 5.25 Å². The van der Waals surface area contributed by atoms with Crippen LogP contribution in [0, 0.1) is 5.92 Å². The molecule has 0 bridgehead atoms. The van der Waals surface area contributed by atoms with Crippen LogP contribution in [-0.2, 0) is 21.2 Å². The van der Waals surface area contributed by atoms with Gasteiger partial charge in [0.1, 0.15) is 5.82 Å². The van der Waals surface area contributed by atoms with Gasteiger partial charge in [-0.05, 0) is 68.6 Å². The molecule has 2 N–H and O–H groups in total. The van der Waals surface area contributed by atoms with Crippen LogP contribution in [0.25, 0.3) is 0 Å². The summed E-state index contributed by atoms with van der Waals surface area (Å²) in [6.07, 6.45) is 5.80. The summed E-state index contributed by atoms with van der Waals surface area (Å²) in [4.78, 5) is 25.2. The summed E-state index contributed by atoms with van der Waals surface area (Å²) < 4.78 is 25.6. The van der Waals surface area contributed by atoms with Crippen LogP contribution < -0.4 is 5.73 Å². The summed E-state index contributed by atoms with van der Waals surface area (Å²) in [7, 11) is -3.45. The number of aromatic nitrogens is 2. The summed E-state index contributed by atoms with van der Waals surface area (Å²) in [5.74, 6) is 0.709. The van der Waals surface area contributed by atoms with Crippen molar-refractivity contribution in [2.75, 3.05) is 31.9 Å². The molecule has 0 aromatic carbocycles. The van der Waals surface area contributed by atoms with Gasteiger partial charge in [-0.3, -0.25) is 9.69 Å². The maximum atomic E-state index is 13.0. The van der Waals surface area contributed by atoms with Gasteiger partial charge in [-0.25, -0.2) is 18.4 Å². The molecule has 0 aliphatic carbocycles. The molecular weight excluding hydrogens is 414 g/mol. The topological polar surface area (TPSA) is 109 Å². The van der Waals surface area contributed by atoms with E-state index in [1.54, 1.807) is 24.4 Å². The Bertz CT molecular complexity index is 999. The van der Waals surface area contributed by atoms with Crippen molar-refractivity contribution in [3.05, 3.63) is 48.3 Å². The van der Waals surface area contributed by atoms with Crippen molar-refractivity contribution in [2.24, 2.45) is 5.92 Å². The Balaban J connectivity index is 1.27. The van der Waals surface area contributed by atoms with Gasteiger partial charge in [0.2, 0.25) is 5.91 Å². The number of piperidine rings is 2. The normalized spacial score (nSPS) is 19.4. The summed E-state index contributed by atoms with van der Waals surface area (Å²) >= 11 is 0. The van der Waals surface area contributed by atoms with Crippen LogP contribution in [-0.4, -0.2) is 65.5 Å². The van der Waals surface area contributed by atoms with Crippen molar-refractivity contribution in [3.8, 4) is 0 Å². The minimum absolute atomic E-state index is 0.0164. The van der Waals surface area contributed by atoms with Gasteiger partial charge in [-0.15, -0.1) is 0 Å². The monoisotopic (exact) mass is 443 g/mol. The predicted octanol–water partition coefficient (Wildman–Crippen LogP) is 1.74. The average Bonchev–Trinajstić information content (AvgIpc) is 2.80. The molecule has 4 heterocycles. The molecule has 8 nitrogen and oxygen atoms in total. The van der Waals surface area contributed by atoms with Crippen molar-refractivity contribution >= 4 is 21.6 Å². The number of nitrogens with two attached hydrogens (primary N) is 1. The quantitative estimate of drug-likeness (QED) is 0.749. The molecule has 2 fully saturated rings. The molecule has 2 aliphatic rings. The van der Waals surface area contributed by atoms with Crippen LogP contribution in [0.15, 0.2) is 47.8 Å². The molecule has 0 spiro atoms. The number of anilines is 1. The molecule has 0 unspecified atom stereocenters. The Morgan fingerprint density at radius 1 is 1.00 bits per heavy atom. The highest BCUT2D eigenvalue weighted by atomic mass is 32.2. The third kappa shape index (κ3) is 5.04. The van der Waals surface area contributed by atoms with Crippen LogP contribution in [0.5, 0.6) is 0 Å². The first kappa shape index (κ1) is 21.7. The zero-order valence-corrected chi connectivity index (χ0v) is 18.4. The zero-order valence-electron chi connectivity index (χ0n) is 17.6. The minimum Gasteiger partial charge on any atom is -0.384 e. The number of sulfone groups is 1. The standard InChI is InChI=1S/C22H29N5O3S/c23-20-15-17(4-10-24-20)16-26-11-5-18(6-12-26)22(28)27-13-7-19(8-14-27)31(29,30)21-3-1-2-9-25-21/h1-4,9-10,15,18-19H,5-8,11-14,16H2,(H2,23,24). The fourth-order valence-electron chi connectivity index (χ4n) is 4.52. The van der Waals surface area contributed by atoms with E-state index in [4.69, 9.17) is 5.73 Å².